The van der Waals surface area contributed by atoms with E-state index in [0.717, 1.165) is 21.7 Å². The van der Waals surface area contributed by atoms with Gasteiger partial charge in [0.25, 0.3) is 0 Å². The molecule has 0 fully saturated rings. The number of nitrogens with zero attached hydrogens (tertiary/aromatic N) is 1. The fraction of sp³-hybridized carbons (Fsp3) is 0.143. The molecule has 0 saturated heterocycles. The van der Waals surface area contributed by atoms with Gasteiger partial charge in [-0.2, -0.15) is 4.36 Å². The molecule has 4 rings (SSSR count). The van der Waals surface area contributed by atoms with Gasteiger partial charge in [0.15, 0.2) is 0 Å². The van der Waals surface area contributed by atoms with E-state index in [1.54, 1.807) is 0 Å². The standard InChI is InChI=1S/C21H19NOS/c1-16-11-13-18(14-12-16)24(23)15-20(17-7-3-2-4-8-17)19-9-5-6-10-21(19)22-24/h2-14,20H,15H2,1H3/t20-,24?/m1/s1. The van der Waals surface area contributed by atoms with Gasteiger partial charge in [-0.25, -0.2) is 4.21 Å². The second-order valence-electron chi connectivity index (χ2n) is 6.23. The lowest BCUT2D eigenvalue weighted by Gasteiger charge is -2.26. The smallest absolute Gasteiger partial charge is 0.0810 e. The molecular formula is C21H19NOS. The highest BCUT2D eigenvalue weighted by atomic mass is 32.2. The van der Waals surface area contributed by atoms with Crippen molar-refractivity contribution in [3.8, 4) is 0 Å². The Morgan fingerprint density at radius 2 is 1.54 bits per heavy atom. The minimum Gasteiger partial charge on any atom is -0.244 e. The van der Waals surface area contributed by atoms with Crippen LogP contribution in [0, 0.1) is 6.92 Å². The molecule has 2 nitrogen and oxygen atoms in total. The molecule has 1 heterocycles. The minimum absolute atomic E-state index is 0.105. The lowest BCUT2D eigenvalue weighted by Crippen LogP contribution is -2.19. The molecule has 0 saturated carbocycles. The first-order valence-electron chi connectivity index (χ1n) is 8.11. The first-order valence-corrected chi connectivity index (χ1v) is 9.79. The zero-order chi connectivity index (χ0) is 16.6. The van der Waals surface area contributed by atoms with Crippen LogP contribution in [0.3, 0.4) is 0 Å². The van der Waals surface area contributed by atoms with E-state index < -0.39 is 9.73 Å². The molecule has 3 aromatic carbocycles. The summed E-state index contributed by atoms with van der Waals surface area (Å²) in [6.45, 7) is 2.04. The summed E-state index contributed by atoms with van der Waals surface area (Å²) in [6.07, 6.45) is 0. The van der Waals surface area contributed by atoms with Gasteiger partial charge in [0.1, 0.15) is 0 Å². The zero-order valence-corrected chi connectivity index (χ0v) is 14.4. The molecule has 0 spiro atoms. The van der Waals surface area contributed by atoms with Gasteiger partial charge in [0.05, 0.1) is 15.4 Å². The molecule has 0 radical (unpaired) electrons. The molecule has 3 aromatic rings. The molecule has 1 unspecified atom stereocenters. The second kappa shape index (κ2) is 5.91. The van der Waals surface area contributed by atoms with Crippen LogP contribution in [0.1, 0.15) is 22.6 Å². The molecule has 0 aromatic heterocycles. The number of aryl methyl sites for hydroxylation is 1. The predicted octanol–water partition coefficient (Wildman–Crippen LogP) is 5.30. The molecule has 0 aliphatic carbocycles. The Morgan fingerprint density at radius 1 is 0.875 bits per heavy atom. The zero-order valence-electron chi connectivity index (χ0n) is 13.6. The van der Waals surface area contributed by atoms with E-state index in [1.165, 1.54) is 5.56 Å². The van der Waals surface area contributed by atoms with Crippen LogP contribution in [-0.2, 0) is 9.73 Å². The molecule has 1 aliphatic heterocycles. The van der Waals surface area contributed by atoms with Crippen molar-refractivity contribution >= 4 is 15.4 Å². The third kappa shape index (κ3) is 2.65. The van der Waals surface area contributed by atoms with Crippen molar-refractivity contribution in [1.82, 2.24) is 0 Å². The predicted molar refractivity (Wildman–Crippen MR) is 99.3 cm³/mol. The van der Waals surface area contributed by atoms with Crippen LogP contribution in [-0.4, -0.2) is 9.96 Å². The van der Waals surface area contributed by atoms with Gasteiger partial charge in [0, 0.05) is 16.6 Å². The Hall–Kier alpha value is -2.39. The number of rotatable bonds is 2. The molecule has 0 amide bonds. The Balaban J connectivity index is 1.91. The quantitative estimate of drug-likeness (QED) is 0.626. The first kappa shape index (κ1) is 15.2. The van der Waals surface area contributed by atoms with E-state index in [1.807, 2.05) is 67.6 Å². The highest BCUT2D eigenvalue weighted by molar-refractivity contribution is 7.93. The maximum Gasteiger partial charge on any atom is 0.0810 e. The summed E-state index contributed by atoms with van der Waals surface area (Å²) in [5, 5.41) is 0. The van der Waals surface area contributed by atoms with Gasteiger partial charge in [-0.3, -0.25) is 0 Å². The molecule has 2 atom stereocenters. The number of fused-ring (bicyclic) bond motifs is 1. The van der Waals surface area contributed by atoms with Crippen LogP contribution in [0.2, 0.25) is 0 Å². The van der Waals surface area contributed by atoms with E-state index in [9.17, 15) is 4.21 Å². The molecule has 24 heavy (non-hydrogen) atoms. The van der Waals surface area contributed by atoms with Crippen molar-refractivity contribution in [1.29, 1.82) is 0 Å². The summed E-state index contributed by atoms with van der Waals surface area (Å²) in [6, 6.07) is 26.3. The second-order valence-corrected chi connectivity index (χ2v) is 8.50. The van der Waals surface area contributed by atoms with Gasteiger partial charge >= 0.3 is 0 Å². The molecule has 3 heteroatoms. The van der Waals surface area contributed by atoms with Crippen LogP contribution in [0.4, 0.5) is 5.69 Å². The number of benzene rings is 3. The summed E-state index contributed by atoms with van der Waals surface area (Å²) >= 11 is 0. The Kier molecular flexibility index (Phi) is 3.73. The van der Waals surface area contributed by atoms with Crippen molar-refractivity contribution in [2.24, 2.45) is 4.36 Å². The van der Waals surface area contributed by atoms with E-state index in [-0.39, 0.29) is 5.92 Å². The van der Waals surface area contributed by atoms with E-state index in [0.29, 0.717) is 5.75 Å². The third-order valence-corrected chi connectivity index (χ3v) is 6.83. The normalized spacial score (nSPS) is 22.5. The lowest BCUT2D eigenvalue weighted by atomic mass is 9.92. The molecular weight excluding hydrogens is 314 g/mol. The highest BCUT2D eigenvalue weighted by Gasteiger charge is 2.29. The van der Waals surface area contributed by atoms with E-state index in [2.05, 4.69) is 22.6 Å². The lowest BCUT2D eigenvalue weighted by molar-refractivity contribution is 0.670. The maximum absolute atomic E-state index is 13.7. The Morgan fingerprint density at radius 3 is 2.29 bits per heavy atom. The van der Waals surface area contributed by atoms with Gasteiger partial charge in [-0.05, 0) is 36.2 Å². The largest absolute Gasteiger partial charge is 0.244 e. The van der Waals surface area contributed by atoms with Gasteiger partial charge in [-0.15, -0.1) is 0 Å². The van der Waals surface area contributed by atoms with Crippen LogP contribution < -0.4 is 0 Å². The van der Waals surface area contributed by atoms with Crippen LogP contribution in [0.25, 0.3) is 0 Å². The van der Waals surface area contributed by atoms with Crippen molar-refractivity contribution in [3.05, 3.63) is 95.6 Å². The maximum atomic E-state index is 13.7. The third-order valence-electron chi connectivity index (χ3n) is 4.54. The minimum atomic E-state index is -2.47. The van der Waals surface area contributed by atoms with E-state index >= 15 is 0 Å². The fourth-order valence-electron chi connectivity index (χ4n) is 3.24. The van der Waals surface area contributed by atoms with Crippen LogP contribution in [0.5, 0.6) is 0 Å². The molecule has 1 aliphatic rings. The summed E-state index contributed by atoms with van der Waals surface area (Å²) in [4.78, 5) is 0.823. The highest BCUT2D eigenvalue weighted by Crippen LogP contribution is 2.40. The monoisotopic (exact) mass is 333 g/mol. The summed E-state index contributed by atoms with van der Waals surface area (Å²) in [5.41, 5.74) is 4.37. The average molecular weight is 333 g/mol. The molecule has 0 N–H and O–H groups in total. The first-order chi connectivity index (χ1) is 11.7. The number of hydrogen-bond donors (Lipinski definition) is 0. The van der Waals surface area contributed by atoms with Crippen molar-refractivity contribution < 1.29 is 4.21 Å². The van der Waals surface area contributed by atoms with Crippen molar-refractivity contribution in [3.63, 3.8) is 0 Å². The van der Waals surface area contributed by atoms with Crippen LogP contribution in [0.15, 0.2) is 88.1 Å². The van der Waals surface area contributed by atoms with E-state index in [4.69, 9.17) is 0 Å². The Labute approximate surface area is 143 Å². The topological polar surface area (TPSA) is 29.4 Å². The van der Waals surface area contributed by atoms with Gasteiger partial charge in [-0.1, -0.05) is 66.2 Å². The fourth-order valence-corrected chi connectivity index (χ4v) is 5.48. The van der Waals surface area contributed by atoms with Crippen LogP contribution >= 0.6 is 0 Å². The molecule has 120 valence electrons. The van der Waals surface area contributed by atoms with Crippen molar-refractivity contribution in [2.75, 3.05) is 5.75 Å². The summed E-state index contributed by atoms with van der Waals surface area (Å²) < 4.78 is 18.4. The summed E-state index contributed by atoms with van der Waals surface area (Å²) in [5.74, 6) is 0.630. The number of hydrogen-bond acceptors (Lipinski definition) is 2. The molecule has 0 bridgehead atoms. The van der Waals surface area contributed by atoms with Gasteiger partial charge in [0.2, 0.25) is 0 Å². The summed E-state index contributed by atoms with van der Waals surface area (Å²) in [7, 11) is -2.47. The van der Waals surface area contributed by atoms with Gasteiger partial charge < -0.3 is 0 Å². The Bertz CT molecular complexity index is 984. The SMILES string of the molecule is Cc1ccc(S2(=O)=Nc3ccccc3[C@@H](c3ccccc3)C2)cc1. The average Bonchev–Trinajstić information content (AvgIpc) is 2.62. The van der Waals surface area contributed by atoms with Crippen molar-refractivity contribution in [2.45, 2.75) is 17.7 Å².